The van der Waals surface area contributed by atoms with Crippen LogP contribution in [-0.2, 0) is 4.74 Å². The second kappa shape index (κ2) is 8.26. The average Bonchev–Trinajstić information content (AvgIpc) is 3.49. The molecule has 2 aliphatic heterocycles. The van der Waals surface area contributed by atoms with Crippen molar-refractivity contribution in [3.63, 3.8) is 0 Å². The van der Waals surface area contributed by atoms with Crippen LogP contribution in [0, 0.1) is 0 Å². The molecule has 0 aromatic heterocycles. The van der Waals surface area contributed by atoms with Crippen molar-refractivity contribution in [2.24, 2.45) is 0 Å². The van der Waals surface area contributed by atoms with Gasteiger partial charge in [-0.25, -0.2) is 4.79 Å². The second-order valence-corrected chi connectivity index (χ2v) is 8.57. The Labute approximate surface area is 152 Å². The summed E-state index contributed by atoms with van der Waals surface area (Å²) >= 11 is 0. The second-order valence-electron chi connectivity index (χ2n) is 8.57. The van der Waals surface area contributed by atoms with Gasteiger partial charge >= 0.3 is 6.03 Å². The molecule has 4 rings (SSSR count). The standard InChI is InChI=1S/C20H35N3O2/c24-20(21-16-8-12-22(13-9-16)17-6-7-17)23-14-10-19(11-15-23)25-18-4-2-1-3-5-18/h16-19H,1-15H2,(H,21,24). The number of carbonyl (C=O) groups is 1. The van der Waals surface area contributed by atoms with Crippen molar-refractivity contribution >= 4 is 6.03 Å². The fraction of sp³-hybridized carbons (Fsp3) is 0.950. The lowest BCUT2D eigenvalue weighted by molar-refractivity contribution is -0.0515. The number of urea groups is 1. The van der Waals surface area contributed by atoms with E-state index >= 15 is 0 Å². The van der Waals surface area contributed by atoms with Crippen LogP contribution >= 0.6 is 0 Å². The lowest BCUT2D eigenvalue weighted by Crippen LogP contribution is -2.52. The Balaban J connectivity index is 1.14. The van der Waals surface area contributed by atoms with Crippen molar-refractivity contribution in [3.05, 3.63) is 0 Å². The van der Waals surface area contributed by atoms with E-state index in [1.54, 1.807) is 0 Å². The van der Waals surface area contributed by atoms with E-state index < -0.39 is 0 Å². The Bertz CT molecular complexity index is 432. The van der Waals surface area contributed by atoms with Crippen LogP contribution in [0.5, 0.6) is 0 Å². The molecule has 0 unspecified atom stereocenters. The van der Waals surface area contributed by atoms with Gasteiger partial charge in [-0.05, 0) is 51.4 Å². The lowest BCUT2D eigenvalue weighted by Gasteiger charge is -2.37. The zero-order chi connectivity index (χ0) is 17.1. The molecule has 2 aliphatic carbocycles. The number of hydrogen-bond donors (Lipinski definition) is 1. The van der Waals surface area contributed by atoms with E-state index in [1.165, 1.54) is 44.9 Å². The first kappa shape index (κ1) is 17.6. The molecule has 0 atom stereocenters. The van der Waals surface area contributed by atoms with Gasteiger partial charge in [0.15, 0.2) is 0 Å². The largest absolute Gasteiger partial charge is 0.375 e. The van der Waals surface area contributed by atoms with Crippen molar-refractivity contribution in [2.45, 2.75) is 94.9 Å². The molecule has 4 aliphatic rings. The van der Waals surface area contributed by atoms with E-state index in [-0.39, 0.29) is 6.03 Å². The summed E-state index contributed by atoms with van der Waals surface area (Å²) in [7, 11) is 0. The van der Waals surface area contributed by atoms with E-state index in [4.69, 9.17) is 4.74 Å². The average molecular weight is 350 g/mol. The van der Waals surface area contributed by atoms with Crippen LogP contribution in [0.4, 0.5) is 4.79 Å². The van der Waals surface area contributed by atoms with E-state index in [0.29, 0.717) is 18.2 Å². The molecule has 142 valence electrons. The maximum atomic E-state index is 12.6. The van der Waals surface area contributed by atoms with Crippen molar-refractivity contribution in [1.82, 2.24) is 15.1 Å². The summed E-state index contributed by atoms with van der Waals surface area (Å²) in [5.41, 5.74) is 0. The van der Waals surface area contributed by atoms with Gasteiger partial charge in [-0.15, -0.1) is 0 Å². The third kappa shape index (κ3) is 4.88. The van der Waals surface area contributed by atoms with Gasteiger partial charge in [0.1, 0.15) is 0 Å². The number of ether oxygens (including phenoxy) is 1. The minimum atomic E-state index is 0.154. The molecule has 2 amide bonds. The number of piperidine rings is 2. The smallest absolute Gasteiger partial charge is 0.317 e. The maximum Gasteiger partial charge on any atom is 0.317 e. The van der Waals surface area contributed by atoms with Gasteiger partial charge < -0.3 is 19.9 Å². The van der Waals surface area contributed by atoms with Gasteiger partial charge in [-0.2, -0.15) is 0 Å². The predicted octanol–water partition coefficient (Wildman–Crippen LogP) is 3.14. The minimum absolute atomic E-state index is 0.154. The molecular formula is C20H35N3O2. The van der Waals surface area contributed by atoms with Gasteiger partial charge in [0.2, 0.25) is 0 Å². The Morgan fingerprint density at radius 2 is 1.40 bits per heavy atom. The van der Waals surface area contributed by atoms with E-state index in [0.717, 1.165) is 57.9 Å². The molecule has 0 bridgehead atoms. The Morgan fingerprint density at radius 1 is 0.760 bits per heavy atom. The predicted molar refractivity (Wildman–Crippen MR) is 98.7 cm³/mol. The van der Waals surface area contributed by atoms with Crippen molar-refractivity contribution < 1.29 is 9.53 Å². The molecule has 0 radical (unpaired) electrons. The van der Waals surface area contributed by atoms with E-state index in [9.17, 15) is 4.79 Å². The molecule has 5 nitrogen and oxygen atoms in total. The van der Waals surface area contributed by atoms with Crippen LogP contribution in [0.1, 0.15) is 70.6 Å². The quantitative estimate of drug-likeness (QED) is 0.848. The molecule has 2 saturated carbocycles. The van der Waals surface area contributed by atoms with Crippen LogP contribution < -0.4 is 5.32 Å². The number of amides is 2. The molecule has 0 aromatic rings. The van der Waals surface area contributed by atoms with Crippen LogP contribution in [0.25, 0.3) is 0 Å². The monoisotopic (exact) mass is 349 g/mol. The number of hydrogen-bond acceptors (Lipinski definition) is 3. The number of rotatable bonds is 4. The van der Waals surface area contributed by atoms with Crippen LogP contribution in [0.15, 0.2) is 0 Å². The van der Waals surface area contributed by atoms with Gasteiger partial charge in [0.25, 0.3) is 0 Å². The highest BCUT2D eigenvalue weighted by atomic mass is 16.5. The maximum absolute atomic E-state index is 12.6. The fourth-order valence-corrected chi connectivity index (χ4v) is 4.78. The van der Waals surface area contributed by atoms with Crippen molar-refractivity contribution in [3.8, 4) is 0 Å². The highest BCUT2D eigenvalue weighted by molar-refractivity contribution is 5.74. The Kier molecular flexibility index (Phi) is 5.81. The molecule has 4 fully saturated rings. The third-order valence-electron chi connectivity index (χ3n) is 6.59. The Morgan fingerprint density at radius 3 is 2.04 bits per heavy atom. The SMILES string of the molecule is O=C(NC1CCN(C2CC2)CC1)N1CCC(OC2CCCCC2)CC1. The zero-order valence-corrected chi connectivity index (χ0v) is 15.6. The highest BCUT2D eigenvalue weighted by Gasteiger charge is 2.33. The molecule has 25 heavy (non-hydrogen) atoms. The molecule has 2 saturated heterocycles. The third-order valence-corrected chi connectivity index (χ3v) is 6.59. The topological polar surface area (TPSA) is 44.8 Å². The number of likely N-dealkylation sites (tertiary alicyclic amines) is 2. The first-order chi connectivity index (χ1) is 12.3. The summed E-state index contributed by atoms with van der Waals surface area (Å²) in [5, 5.41) is 3.28. The molecule has 2 heterocycles. The van der Waals surface area contributed by atoms with Crippen molar-refractivity contribution in [2.75, 3.05) is 26.2 Å². The summed E-state index contributed by atoms with van der Waals surface area (Å²) in [4.78, 5) is 17.2. The summed E-state index contributed by atoms with van der Waals surface area (Å²) < 4.78 is 6.29. The summed E-state index contributed by atoms with van der Waals surface area (Å²) in [6.45, 7) is 4.02. The van der Waals surface area contributed by atoms with E-state index in [2.05, 4.69) is 10.2 Å². The normalized spacial score (nSPS) is 28.2. The fourth-order valence-electron chi connectivity index (χ4n) is 4.78. The highest BCUT2D eigenvalue weighted by Crippen LogP contribution is 2.29. The van der Waals surface area contributed by atoms with Gasteiger partial charge in [-0.1, -0.05) is 19.3 Å². The number of nitrogens with one attached hydrogen (secondary N) is 1. The van der Waals surface area contributed by atoms with Gasteiger partial charge in [0.05, 0.1) is 12.2 Å². The number of nitrogens with zero attached hydrogens (tertiary/aromatic N) is 2. The minimum Gasteiger partial charge on any atom is -0.375 e. The number of carbonyl (C=O) groups excluding carboxylic acids is 1. The summed E-state index contributed by atoms with van der Waals surface area (Å²) in [6.07, 6.45) is 14.4. The van der Waals surface area contributed by atoms with Gasteiger partial charge in [0, 0.05) is 38.3 Å². The zero-order valence-electron chi connectivity index (χ0n) is 15.6. The first-order valence-electron chi connectivity index (χ1n) is 10.7. The molecule has 0 aromatic carbocycles. The Hall–Kier alpha value is -0.810. The van der Waals surface area contributed by atoms with E-state index in [1.807, 2.05) is 4.90 Å². The van der Waals surface area contributed by atoms with Crippen LogP contribution in [0.3, 0.4) is 0 Å². The summed E-state index contributed by atoms with van der Waals surface area (Å²) in [5.74, 6) is 0. The van der Waals surface area contributed by atoms with Crippen molar-refractivity contribution in [1.29, 1.82) is 0 Å². The lowest BCUT2D eigenvalue weighted by atomic mass is 9.97. The molecule has 5 heteroatoms. The van der Waals surface area contributed by atoms with Crippen LogP contribution in [0.2, 0.25) is 0 Å². The van der Waals surface area contributed by atoms with Crippen LogP contribution in [-0.4, -0.2) is 66.3 Å². The van der Waals surface area contributed by atoms with Gasteiger partial charge in [-0.3, -0.25) is 0 Å². The molecule has 0 spiro atoms. The molecular weight excluding hydrogens is 314 g/mol. The summed E-state index contributed by atoms with van der Waals surface area (Å²) in [6, 6.07) is 1.39. The molecule has 1 N–H and O–H groups in total. The first-order valence-corrected chi connectivity index (χ1v) is 10.7.